The molecule has 0 aromatic carbocycles. The highest BCUT2D eigenvalue weighted by molar-refractivity contribution is 6.18. The molecule has 2 fully saturated rings. The first-order valence-electron chi connectivity index (χ1n) is 7.39. The van der Waals surface area contributed by atoms with Gasteiger partial charge in [0.15, 0.2) is 0 Å². The van der Waals surface area contributed by atoms with Gasteiger partial charge in [0, 0.05) is 19.0 Å². The quantitative estimate of drug-likeness (QED) is 0.582. The molecule has 1 saturated heterocycles. The summed E-state index contributed by atoms with van der Waals surface area (Å²) in [5.41, 5.74) is 0. The Morgan fingerprint density at radius 1 is 1.00 bits per heavy atom. The molecule has 2 rings (SSSR count). The maximum atomic E-state index is 6.06. The molecule has 2 unspecified atom stereocenters. The first-order valence-corrected chi connectivity index (χ1v) is 7.92. The number of nitrogens with zero attached hydrogens (tertiary/aromatic N) is 1. The van der Waals surface area contributed by atoms with Crippen molar-refractivity contribution in [3.8, 4) is 0 Å². The molecule has 1 N–H and O–H groups in total. The van der Waals surface area contributed by atoms with E-state index in [1.807, 2.05) is 0 Å². The number of likely N-dealkylation sites (tertiary alicyclic amines) is 1. The van der Waals surface area contributed by atoms with Gasteiger partial charge in [0.2, 0.25) is 0 Å². The lowest BCUT2D eigenvalue weighted by atomic mass is 9.80. The number of hydrogen-bond acceptors (Lipinski definition) is 2. The Hall–Kier alpha value is 0.210. The Balaban J connectivity index is 1.56. The predicted octanol–water partition coefficient (Wildman–Crippen LogP) is 2.72. The zero-order chi connectivity index (χ0) is 11.9. The third-order valence-corrected chi connectivity index (χ3v) is 4.87. The summed E-state index contributed by atoms with van der Waals surface area (Å²) in [6.07, 6.45) is 8.33. The van der Waals surface area contributed by atoms with E-state index in [1.54, 1.807) is 0 Å². The van der Waals surface area contributed by atoms with Gasteiger partial charge < -0.3 is 10.2 Å². The standard InChI is InChI=1S/C14H27ClN2/c15-11-13-5-1-2-6-14(13)12-16-7-10-17-8-3-4-9-17/h13-14,16H,1-12H2. The van der Waals surface area contributed by atoms with Crippen LogP contribution in [0, 0.1) is 11.8 Å². The van der Waals surface area contributed by atoms with E-state index in [0.717, 1.165) is 24.3 Å². The molecule has 1 heterocycles. The summed E-state index contributed by atoms with van der Waals surface area (Å²) in [5, 5.41) is 3.65. The number of hydrogen-bond donors (Lipinski definition) is 1. The van der Waals surface area contributed by atoms with E-state index < -0.39 is 0 Å². The topological polar surface area (TPSA) is 15.3 Å². The fourth-order valence-electron chi connectivity index (χ4n) is 3.29. The predicted molar refractivity (Wildman–Crippen MR) is 74.7 cm³/mol. The summed E-state index contributed by atoms with van der Waals surface area (Å²) >= 11 is 6.06. The molecular weight excluding hydrogens is 232 g/mol. The monoisotopic (exact) mass is 258 g/mol. The van der Waals surface area contributed by atoms with Crippen LogP contribution >= 0.6 is 11.6 Å². The molecule has 2 atom stereocenters. The second-order valence-electron chi connectivity index (χ2n) is 5.71. The van der Waals surface area contributed by atoms with Crippen LogP contribution in [0.5, 0.6) is 0 Å². The lowest BCUT2D eigenvalue weighted by Crippen LogP contribution is -2.36. The van der Waals surface area contributed by atoms with Crippen LogP contribution in [0.4, 0.5) is 0 Å². The summed E-state index contributed by atoms with van der Waals surface area (Å²) < 4.78 is 0. The molecular formula is C14H27ClN2. The molecule has 0 amide bonds. The first kappa shape index (κ1) is 13.6. The molecule has 1 saturated carbocycles. The Labute approximate surface area is 111 Å². The van der Waals surface area contributed by atoms with Crippen molar-refractivity contribution in [2.24, 2.45) is 11.8 Å². The van der Waals surface area contributed by atoms with E-state index in [1.165, 1.54) is 64.7 Å². The second kappa shape index (κ2) is 7.60. The Kier molecular flexibility index (Phi) is 6.10. The Morgan fingerprint density at radius 3 is 2.41 bits per heavy atom. The average molecular weight is 259 g/mol. The van der Waals surface area contributed by atoms with Crippen molar-refractivity contribution in [1.29, 1.82) is 0 Å². The molecule has 0 spiro atoms. The van der Waals surface area contributed by atoms with Gasteiger partial charge in [-0.3, -0.25) is 0 Å². The molecule has 2 nitrogen and oxygen atoms in total. The minimum absolute atomic E-state index is 0.768. The summed E-state index contributed by atoms with van der Waals surface area (Å²) in [7, 11) is 0. The van der Waals surface area contributed by atoms with Crippen LogP contribution in [0.25, 0.3) is 0 Å². The molecule has 100 valence electrons. The smallest absolute Gasteiger partial charge is 0.0254 e. The number of nitrogens with one attached hydrogen (secondary N) is 1. The fourth-order valence-corrected chi connectivity index (χ4v) is 3.69. The summed E-state index contributed by atoms with van der Waals surface area (Å²) in [6, 6.07) is 0. The van der Waals surface area contributed by atoms with E-state index in [4.69, 9.17) is 11.6 Å². The minimum atomic E-state index is 0.768. The molecule has 17 heavy (non-hydrogen) atoms. The van der Waals surface area contributed by atoms with Crippen molar-refractivity contribution in [2.45, 2.75) is 38.5 Å². The SMILES string of the molecule is ClCC1CCCCC1CNCCN1CCCC1. The molecule has 0 aromatic heterocycles. The molecule has 3 heteroatoms. The third kappa shape index (κ3) is 4.42. The van der Waals surface area contributed by atoms with E-state index >= 15 is 0 Å². The highest BCUT2D eigenvalue weighted by atomic mass is 35.5. The van der Waals surface area contributed by atoms with Gasteiger partial charge >= 0.3 is 0 Å². The molecule has 1 aliphatic heterocycles. The maximum Gasteiger partial charge on any atom is 0.0254 e. The van der Waals surface area contributed by atoms with Gasteiger partial charge in [0.1, 0.15) is 0 Å². The molecule has 2 aliphatic rings. The molecule has 0 aromatic rings. The highest BCUT2D eigenvalue weighted by Crippen LogP contribution is 2.30. The number of rotatable bonds is 6. The van der Waals surface area contributed by atoms with Gasteiger partial charge in [-0.05, 0) is 57.2 Å². The van der Waals surface area contributed by atoms with Crippen LogP contribution in [0.3, 0.4) is 0 Å². The molecule has 0 bridgehead atoms. The summed E-state index contributed by atoms with van der Waals surface area (Å²) in [6.45, 7) is 6.21. The van der Waals surface area contributed by atoms with E-state index in [0.29, 0.717) is 0 Å². The van der Waals surface area contributed by atoms with Gasteiger partial charge in [0.25, 0.3) is 0 Å². The third-order valence-electron chi connectivity index (χ3n) is 4.47. The first-order chi connectivity index (χ1) is 8.40. The minimum Gasteiger partial charge on any atom is -0.315 e. The van der Waals surface area contributed by atoms with Crippen molar-refractivity contribution in [3.05, 3.63) is 0 Å². The lowest BCUT2D eigenvalue weighted by molar-refractivity contribution is 0.245. The van der Waals surface area contributed by atoms with Gasteiger partial charge in [-0.25, -0.2) is 0 Å². The normalized spacial score (nSPS) is 30.9. The van der Waals surface area contributed by atoms with Crippen molar-refractivity contribution >= 4 is 11.6 Å². The van der Waals surface area contributed by atoms with Crippen molar-refractivity contribution in [1.82, 2.24) is 10.2 Å². The fraction of sp³-hybridized carbons (Fsp3) is 1.00. The van der Waals surface area contributed by atoms with Crippen molar-refractivity contribution < 1.29 is 0 Å². The van der Waals surface area contributed by atoms with Gasteiger partial charge in [0.05, 0.1) is 0 Å². The Morgan fingerprint density at radius 2 is 1.71 bits per heavy atom. The van der Waals surface area contributed by atoms with Crippen LogP contribution in [-0.2, 0) is 0 Å². The maximum absolute atomic E-state index is 6.06. The van der Waals surface area contributed by atoms with Crippen LogP contribution in [0.15, 0.2) is 0 Å². The van der Waals surface area contributed by atoms with Crippen molar-refractivity contribution in [3.63, 3.8) is 0 Å². The largest absolute Gasteiger partial charge is 0.315 e. The van der Waals surface area contributed by atoms with Crippen LogP contribution < -0.4 is 5.32 Å². The lowest BCUT2D eigenvalue weighted by Gasteiger charge is -2.30. The van der Waals surface area contributed by atoms with Gasteiger partial charge in [-0.2, -0.15) is 0 Å². The number of halogens is 1. The molecule has 1 aliphatic carbocycles. The second-order valence-corrected chi connectivity index (χ2v) is 6.02. The average Bonchev–Trinajstić information content (AvgIpc) is 2.88. The summed E-state index contributed by atoms with van der Waals surface area (Å²) in [5.74, 6) is 2.46. The van der Waals surface area contributed by atoms with Gasteiger partial charge in [-0.15, -0.1) is 11.6 Å². The van der Waals surface area contributed by atoms with E-state index in [-0.39, 0.29) is 0 Å². The van der Waals surface area contributed by atoms with E-state index in [9.17, 15) is 0 Å². The Bertz CT molecular complexity index is 204. The van der Waals surface area contributed by atoms with E-state index in [2.05, 4.69) is 10.2 Å². The zero-order valence-corrected chi connectivity index (χ0v) is 11.7. The number of alkyl halides is 1. The van der Waals surface area contributed by atoms with Crippen LogP contribution in [0.1, 0.15) is 38.5 Å². The van der Waals surface area contributed by atoms with Crippen molar-refractivity contribution in [2.75, 3.05) is 38.6 Å². The van der Waals surface area contributed by atoms with Crippen LogP contribution in [0.2, 0.25) is 0 Å². The summed E-state index contributed by atoms with van der Waals surface area (Å²) in [4.78, 5) is 2.58. The molecule has 0 radical (unpaired) electrons. The van der Waals surface area contributed by atoms with Gasteiger partial charge in [-0.1, -0.05) is 12.8 Å². The highest BCUT2D eigenvalue weighted by Gasteiger charge is 2.23. The zero-order valence-electron chi connectivity index (χ0n) is 11.0. The van der Waals surface area contributed by atoms with Crippen LogP contribution in [-0.4, -0.2) is 43.5 Å².